The largest absolute Gasteiger partial charge is 0.503 e. The van der Waals surface area contributed by atoms with Crippen molar-refractivity contribution in [3.63, 3.8) is 0 Å². The molecule has 172 valence electrons. The molecule has 4 rings (SSSR count). The smallest absolute Gasteiger partial charge is 0.290 e. The van der Waals surface area contributed by atoms with E-state index in [1.54, 1.807) is 43.3 Å². The van der Waals surface area contributed by atoms with Crippen molar-refractivity contribution >= 4 is 11.7 Å². The van der Waals surface area contributed by atoms with Crippen molar-refractivity contribution in [3.05, 3.63) is 82.9 Å². The summed E-state index contributed by atoms with van der Waals surface area (Å²) in [6.45, 7) is 6.35. The Balaban J connectivity index is 1.82. The van der Waals surface area contributed by atoms with Gasteiger partial charge in [-0.2, -0.15) is 0 Å². The standard InChI is InChI=1S/C25H25NO7/c1-4-30-18-11-9-16(13-20(18)31-5-2)22-21(23(27)19-10-8-15(3)33-19)24(28)25(29)26(22)14-17-7-6-12-32-17/h6-13,22,28H,4-5,14H2,1-3H3. The maximum atomic E-state index is 13.4. The Morgan fingerprint density at radius 3 is 2.48 bits per heavy atom. The van der Waals surface area contributed by atoms with Gasteiger partial charge in [-0.05, 0) is 62.7 Å². The van der Waals surface area contributed by atoms with Gasteiger partial charge in [-0.3, -0.25) is 9.59 Å². The molecule has 1 aromatic carbocycles. The van der Waals surface area contributed by atoms with E-state index in [0.29, 0.717) is 41.8 Å². The highest BCUT2D eigenvalue weighted by molar-refractivity contribution is 6.15. The molecule has 3 aromatic rings. The molecule has 1 unspecified atom stereocenters. The van der Waals surface area contributed by atoms with Crippen molar-refractivity contribution in [3.8, 4) is 11.5 Å². The average molecular weight is 451 g/mol. The third-order valence-electron chi connectivity index (χ3n) is 5.30. The van der Waals surface area contributed by atoms with Crippen molar-refractivity contribution < 1.29 is 33.0 Å². The van der Waals surface area contributed by atoms with Gasteiger partial charge in [0.15, 0.2) is 23.0 Å². The number of Topliss-reactive ketones (excluding diaryl/α,β-unsaturated/α-hetero) is 1. The third kappa shape index (κ3) is 4.24. The summed E-state index contributed by atoms with van der Waals surface area (Å²) in [5.41, 5.74) is 0.519. The molecule has 0 bridgehead atoms. The summed E-state index contributed by atoms with van der Waals surface area (Å²) < 4.78 is 22.3. The normalized spacial score (nSPS) is 15.9. The van der Waals surface area contributed by atoms with Crippen LogP contribution in [0.3, 0.4) is 0 Å². The summed E-state index contributed by atoms with van der Waals surface area (Å²) in [7, 11) is 0. The molecule has 0 saturated carbocycles. The van der Waals surface area contributed by atoms with Crippen LogP contribution in [0.15, 0.2) is 68.9 Å². The molecule has 1 aliphatic rings. The van der Waals surface area contributed by atoms with Crippen LogP contribution in [-0.4, -0.2) is 34.9 Å². The number of ketones is 1. The predicted octanol–water partition coefficient (Wildman–Crippen LogP) is 4.76. The predicted molar refractivity (Wildman–Crippen MR) is 118 cm³/mol. The van der Waals surface area contributed by atoms with Crippen molar-refractivity contribution in [2.75, 3.05) is 13.2 Å². The molecule has 0 fully saturated rings. The first-order valence-electron chi connectivity index (χ1n) is 10.7. The quantitative estimate of drug-likeness (QED) is 0.468. The van der Waals surface area contributed by atoms with E-state index >= 15 is 0 Å². The first-order valence-corrected chi connectivity index (χ1v) is 10.7. The second-order valence-electron chi connectivity index (χ2n) is 7.49. The maximum absolute atomic E-state index is 13.4. The lowest BCUT2D eigenvalue weighted by Crippen LogP contribution is -2.30. The summed E-state index contributed by atoms with van der Waals surface area (Å²) in [6, 6.07) is 10.9. The molecule has 33 heavy (non-hydrogen) atoms. The Bertz CT molecular complexity index is 1190. The first-order chi connectivity index (χ1) is 15.9. The minimum atomic E-state index is -0.879. The fraction of sp³-hybridized carbons (Fsp3) is 0.280. The molecule has 8 heteroatoms. The van der Waals surface area contributed by atoms with Gasteiger partial charge in [-0.15, -0.1) is 0 Å². The van der Waals surface area contributed by atoms with Crippen LogP contribution in [0.4, 0.5) is 0 Å². The van der Waals surface area contributed by atoms with Gasteiger partial charge in [0, 0.05) is 0 Å². The SMILES string of the molecule is CCOc1ccc(C2C(C(=O)c3ccc(C)o3)=C(O)C(=O)N2Cc2ccco2)cc1OCC. The van der Waals surface area contributed by atoms with Gasteiger partial charge < -0.3 is 28.3 Å². The van der Waals surface area contributed by atoms with E-state index in [4.69, 9.17) is 18.3 Å². The number of hydrogen-bond acceptors (Lipinski definition) is 7. The number of hydrogen-bond donors (Lipinski definition) is 1. The van der Waals surface area contributed by atoms with Crippen LogP contribution >= 0.6 is 0 Å². The topological polar surface area (TPSA) is 102 Å². The molecule has 0 spiro atoms. The van der Waals surface area contributed by atoms with E-state index in [1.165, 1.54) is 17.2 Å². The zero-order valence-electron chi connectivity index (χ0n) is 18.7. The summed E-state index contributed by atoms with van der Waals surface area (Å²) in [4.78, 5) is 27.8. The number of carbonyl (C=O) groups excluding carboxylic acids is 2. The lowest BCUT2D eigenvalue weighted by atomic mass is 9.94. The minimum Gasteiger partial charge on any atom is -0.503 e. The van der Waals surface area contributed by atoms with E-state index in [9.17, 15) is 14.7 Å². The van der Waals surface area contributed by atoms with Gasteiger partial charge in [-0.1, -0.05) is 6.07 Å². The van der Waals surface area contributed by atoms with Crippen LogP contribution in [0.1, 0.15) is 47.5 Å². The number of aryl methyl sites for hydroxylation is 1. The van der Waals surface area contributed by atoms with E-state index in [1.807, 2.05) is 13.8 Å². The molecule has 0 saturated heterocycles. The summed E-state index contributed by atoms with van der Waals surface area (Å²) >= 11 is 0. The number of benzene rings is 1. The van der Waals surface area contributed by atoms with E-state index in [-0.39, 0.29) is 17.9 Å². The van der Waals surface area contributed by atoms with Gasteiger partial charge >= 0.3 is 0 Å². The van der Waals surface area contributed by atoms with Gasteiger partial charge in [0.2, 0.25) is 5.78 Å². The van der Waals surface area contributed by atoms with Crippen LogP contribution in [0.25, 0.3) is 0 Å². The molecular formula is C25H25NO7. The number of nitrogens with zero attached hydrogens (tertiary/aromatic N) is 1. The number of furan rings is 2. The molecule has 1 atom stereocenters. The molecule has 0 aliphatic carbocycles. The summed E-state index contributed by atoms with van der Waals surface area (Å²) in [5.74, 6) is 0.288. The number of amides is 1. The second kappa shape index (κ2) is 9.28. The Morgan fingerprint density at radius 1 is 1.09 bits per heavy atom. The highest BCUT2D eigenvalue weighted by Gasteiger charge is 2.45. The molecule has 8 nitrogen and oxygen atoms in total. The highest BCUT2D eigenvalue weighted by Crippen LogP contribution is 2.42. The fourth-order valence-corrected chi connectivity index (χ4v) is 3.89. The zero-order valence-corrected chi connectivity index (χ0v) is 18.7. The molecule has 1 aliphatic heterocycles. The van der Waals surface area contributed by atoms with Gasteiger partial charge in [-0.25, -0.2) is 0 Å². The van der Waals surface area contributed by atoms with Crippen LogP contribution in [-0.2, 0) is 11.3 Å². The number of aliphatic hydroxyl groups is 1. The Morgan fingerprint density at radius 2 is 1.85 bits per heavy atom. The summed E-state index contributed by atoms with van der Waals surface area (Å²) in [5, 5.41) is 10.8. The number of ether oxygens (including phenoxy) is 2. The Kier molecular flexibility index (Phi) is 6.26. The molecule has 1 amide bonds. The minimum absolute atomic E-state index is 0.0441. The highest BCUT2D eigenvalue weighted by atomic mass is 16.5. The molecule has 2 aromatic heterocycles. The lowest BCUT2D eigenvalue weighted by Gasteiger charge is -2.26. The summed E-state index contributed by atoms with van der Waals surface area (Å²) in [6.07, 6.45) is 1.50. The van der Waals surface area contributed by atoms with Gasteiger partial charge in [0.25, 0.3) is 5.91 Å². The van der Waals surface area contributed by atoms with E-state index in [2.05, 4.69) is 0 Å². The van der Waals surface area contributed by atoms with Crippen molar-refractivity contribution in [2.45, 2.75) is 33.4 Å². The van der Waals surface area contributed by atoms with Crippen molar-refractivity contribution in [2.24, 2.45) is 0 Å². The van der Waals surface area contributed by atoms with Crippen LogP contribution in [0, 0.1) is 6.92 Å². The number of carbonyl (C=O) groups is 2. The Hall–Kier alpha value is -3.94. The third-order valence-corrected chi connectivity index (χ3v) is 5.30. The first kappa shape index (κ1) is 22.3. The number of aliphatic hydroxyl groups excluding tert-OH is 1. The van der Waals surface area contributed by atoms with Crippen molar-refractivity contribution in [1.29, 1.82) is 0 Å². The second-order valence-corrected chi connectivity index (χ2v) is 7.49. The van der Waals surface area contributed by atoms with Crippen molar-refractivity contribution in [1.82, 2.24) is 4.90 Å². The fourth-order valence-electron chi connectivity index (χ4n) is 3.89. The zero-order chi connectivity index (χ0) is 23.5. The Labute approximate surface area is 191 Å². The molecular weight excluding hydrogens is 426 g/mol. The molecule has 3 heterocycles. The monoisotopic (exact) mass is 451 g/mol. The van der Waals surface area contributed by atoms with E-state index in [0.717, 1.165) is 0 Å². The van der Waals surface area contributed by atoms with Gasteiger partial charge in [0.1, 0.15) is 11.5 Å². The van der Waals surface area contributed by atoms with Crippen LogP contribution in [0.5, 0.6) is 11.5 Å². The van der Waals surface area contributed by atoms with E-state index < -0.39 is 23.5 Å². The average Bonchev–Trinajstić information content (AvgIpc) is 3.52. The number of rotatable bonds is 9. The maximum Gasteiger partial charge on any atom is 0.290 e. The van der Waals surface area contributed by atoms with Crippen LogP contribution in [0.2, 0.25) is 0 Å². The van der Waals surface area contributed by atoms with Gasteiger partial charge in [0.05, 0.1) is 37.6 Å². The molecule has 0 radical (unpaired) electrons. The molecule has 1 N–H and O–H groups in total. The van der Waals surface area contributed by atoms with Crippen LogP contribution < -0.4 is 9.47 Å². The lowest BCUT2D eigenvalue weighted by molar-refractivity contribution is -0.130.